The van der Waals surface area contributed by atoms with Gasteiger partial charge in [0.15, 0.2) is 6.61 Å². The number of nitrogens with zero attached hydrogens (tertiary/aromatic N) is 3. The minimum absolute atomic E-state index is 0.185. The fraction of sp³-hybridized carbons (Fsp3) is 0.111. The van der Waals surface area contributed by atoms with Crippen molar-refractivity contribution in [3.8, 4) is 11.9 Å². The Hall–Kier alpha value is -2.63. The molecule has 6 nitrogen and oxygen atoms in total. The second kappa shape index (κ2) is 8.65. The quantitative estimate of drug-likeness (QED) is 0.596. The van der Waals surface area contributed by atoms with Gasteiger partial charge in [0, 0.05) is 9.37 Å². The van der Waals surface area contributed by atoms with Crippen molar-refractivity contribution in [2.24, 2.45) is 0 Å². The summed E-state index contributed by atoms with van der Waals surface area (Å²) < 4.78 is 6.46. The summed E-state index contributed by atoms with van der Waals surface area (Å²) in [6, 6.07) is 15.0. The normalized spacial score (nSPS) is 10.3. The van der Waals surface area contributed by atoms with Gasteiger partial charge in [0.25, 0.3) is 5.91 Å². The zero-order chi connectivity index (χ0) is 18.4. The summed E-state index contributed by atoms with van der Waals surface area (Å²) in [7, 11) is 0. The first-order chi connectivity index (χ1) is 12.7. The van der Waals surface area contributed by atoms with Gasteiger partial charge in [-0.05, 0) is 30.3 Å². The molecule has 0 aliphatic rings. The Kier molecular flexibility index (Phi) is 6.04. The molecule has 0 aliphatic heterocycles. The molecule has 1 heterocycles. The van der Waals surface area contributed by atoms with E-state index >= 15 is 0 Å². The lowest BCUT2D eigenvalue weighted by Crippen LogP contribution is -2.21. The van der Waals surface area contributed by atoms with Crippen molar-refractivity contribution < 1.29 is 9.53 Å². The fourth-order valence-corrected chi connectivity index (χ4v) is 3.28. The van der Waals surface area contributed by atoms with Gasteiger partial charge in [0.2, 0.25) is 5.88 Å². The lowest BCUT2D eigenvalue weighted by Gasteiger charge is -2.11. The Morgan fingerprint density at radius 2 is 2.12 bits per heavy atom. The average molecular weight is 429 g/mol. The molecule has 0 bridgehead atoms. The van der Waals surface area contributed by atoms with E-state index in [4.69, 9.17) is 10.00 Å². The van der Waals surface area contributed by atoms with Crippen molar-refractivity contribution >= 4 is 50.2 Å². The number of fused-ring (bicyclic) bond motifs is 1. The van der Waals surface area contributed by atoms with E-state index in [1.807, 2.05) is 36.4 Å². The molecule has 0 radical (unpaired) electrons. The van der Waals surface area contributed by atoms with Crippen LogP contribution in [0.25, 0.3) is 10.9 Å². The predicted molar refractivity (Wildman–Crippen MR) is 104 cm³/mol. The Labute approximate surface area is 162 Å². The number of benzene rings is 2. The van der Waals surface area contributed by atoms with Gasteiger partial charge in [-0.1, -0.05) is 28.1 Å². The number of hydrogen-bond donors (Lipinski definition) is 1. The molecule has 0 spiro atoms. The Bertz CT molecular complexity index is 990. The molecular formula is C18H13BrN4O2S. The van der Waals surface area contributed by atoms with Crippen molar-refractivity contribution in [2.45, 2.75) is 4.90 Å². The van der Waals surface area contributed by atoms with E-state index in [-0.39, 0.29) is 12.5 Å². The largest absolute Gasteiger partial charge is 0.467 e. The number of ether oxygens (including phenoxy) is 1. The van der Waals surface area contributed by atoms with Crippen LogP contribution in [0.2, 0.25) is 0 Å². The second-order valence-corrected chi connectivity index (χ2v) is 7.05. The molecule has 0 saturated carbocycles. The van der Waals surface area contributed by atoms with Crippen molar-refractivity contribution in [3.63, 3.8) is 0 Å². The number of anilines is 1. The smallest absolute Gasteiger partial charge is 0.262 e. The van der Waals surface area contributed by atoms with Gasteiger partial charge >= 0.3 is 0 Å². The third-order valence-electron chi connectivity index (χ3n) is 3.35. The third kappa shape index (κ3) is 4.50. The van der Waals surface area contributed by atoms with Crippen molar-refractivity contribution in [1.29, 1.82) is 5.26 Å². The molecule has 130 valence electrons. The van der Waals surface area contributed by atoms with Gasteiger partial charge in [0.05, 0.1) is 28.4 Å². The summed E-state index contributed by atoms with van der Waals surface area (Å²) >= 11 is 4.77. The summed E-state index contributed by atoms with van der Waals surface area (Å²) in [6.45, 7) is -0.185. The molecule has 8 heteroatoms. The summed E-state index contributed by atoms with van der Waals surface area (Å²) in [4.78, 5) is 21.4. The number of nitriles is 1. The first-order valence-corrected chi connectivity index (χ1v) is 9.37. The number of thioether (sulfide) groups is 1. The van der Waals surface area contributed by atoms with E-state index in [1.165, 1.54) is 18.1 Å². The van der Waals surface area contributed by atoms with Crippen LogP contribution in [0.1, 0.15) is 0 Å². The van der Waals surface area contributed by atoms with Crippen molar-refractivity contribution in [2.75, 3.05) is 17.7 Å². The summed E-state index contributed by atoms with van der Waals surface area (Å²) in [6.07, 6.45) is 1.40. The maximum absolute atomic E-state index is 12.3. The molecule has 0 aliphatic carbocycles. The van der Waals surface area contributed by atoms with E-state index in [9.17, 15) is 4.79 Å². The van der Waals surface area contributed by atoms with Crippen LogP contribution in [0.5, 0.6) is 5.88 Å². The second-order valence-electron chi connectivity index (χ2n) is 5.12. The maximum atomic E-state index is 12.3. The molecule has 26 heavy (non-hydrogen) atoms. The minimum atomic E-state index is -0.309. The van der Waals surface area contributed by atoms with E-state index in [0.29, 0.717) is 17.3 Å². The number of amides is 1. The molecule has 1 aromatic heterocycles. The maximum Gasteiger partial charge on any atom is 0.262 e. The first-order valence-electron chi connectivity index (χ1n) is 7.59. The Morgan fingerprint density at radius 3 is 2.96 bits per heavy atom. The highest BCUT2D eigenvalue weighted by Crippen LogP contribution is 2.27. The molecular weight excluding hydrogens is 416 g/mol. The average Bonchev–Trinajstić information content (AvgIpc) is 2.65. The molecule has 1 N–H and O–H groups in total. The van der Waals surface area contributed by atoms with Crippen LogP contribution in [0, 0.1) is 11.3 Å². The Balaban J connectivity index is 1.69. The summed E-state index contributed by atoms with van der Waals surface area (Å²) in [5.41, 5.74) is 1.38. The van der Waals surface area contributed by atoms with Crippen molar-refractivity contribution in [3.05, 3.63) is 53.3 Å². The predicted octanol–water partition coefficient (Wildman–Crippen LogP) is 4.03. The topological polar surface area (TPSA) is 87.9 Å². The highest BCUT2D eigenvalue weighted by atomic mass is 79.9. The van der Waals surface area contributed by atoms with Gasteiger partial charge < -0.3 is 10.1 Å². The number of aromatic nitrogens is 2. The first kappa shape index (κ1) is 18.2. The van der Waals surface area contributed by atoms with Gasteiger partial charge in [-0.3, -0.25) is 4.79 Å². The van der Waals surface area contributed by atoms with E-state index in [0.717, 1.165) is 20.3 Å². The minimum Gasteiger partial charge on any atom is -0.467 e. The number of nitrogens with one attached hydrogen (secondary N) is 1. The molecule has 3 aromatic rings. The molecule has 0 fully saturated rings. The van der Waals surface area contributed by atoms with E-state index < -0.39 is 0 Å². The Morgan fingerprint density at radius 1 is 1.27 bits per heavy atom. The highest BCUT2D eigenvalue weighted by molar-refractivity contribution is 9.10. The summed E-state index contributed by atoms with van der Waals surface area (Å²) in [5.74, 6) is 0.348. The van der Waals surface area contributed by atoms with Gasteiger partial charge in [-0.2, -0.15) is 5.26 Å². The molecule has 0 saturated heterocycles. The fourth-order valence-electron chi connectivity index (χ4n) is 2.25. The van der Waals surface area contributed by atoms with E-state index in [2.05, 4.69) is 37.3 Å². The zero-order valence-electron chi connectivity index (χ0n) is 13.5. The molecule has 0 atom stereocenters. The number of halogens is 1. The van der Waals surface area contributed by atoms with Gasteiger partial charge in [0.1, 0.15) is 6.33 Å². The molecule has 0 unspecified atom stereocenters. The SMILES string of the molecule is N#CCSc1ccccc1NC(=O)COc1ncnc2ccc(Br)cc12. The highest BCUT2D eigenvalue weighted by Gasteiger charge is 2.10. The van der Waals surface area contributed by atoms with Crippen LogP contribution in [0.15, 0.2) is 58.2 Å². The molecule has 3 rings (SSSR count). The lowest BCUT2D eigenvalue weighted by atomic mass is 10.2. The van der Waals surface area contributed by atoms with Crippen LogP contribution in [0.3, 0.4) is 0 Å². The van der Waals surface area contributed by atoms with Crippen LogP contribution in [-0.4, -0.2) is 28.2 Å². The van der Waals surface area contributed by atoms with Crippen LogP contribution < -0.4 is 10.1 Å². The molecule has 2 aromatic carbocycles. The third-order valence-corrected chi connectivity index (χ3v) is 4.79. The standard InChI is InChI=1S/C18H13BrN4O2S/c19-12-5-6-14-13(9-12)18(22-11-21-14)25-10-17(24)23-15-3-1-2-4-16(15)26-8-7-20/h1-6,9,11H,8,10H2,(H,23,24). The number of para-hydroxylation sites is 1. The van der Waals surface area contributed by atoms with Crippen LogP contribution in [0.4, 0.5) is 5.69 Å². The zero-order valence-corrected chi connectivity index (χ0v) is 15.9. The lowest BCUT2D eigenvalue weighted by molar-refractivity contribution is -0.118. The number of rotatable bonds is 6. The summed E-state index contributed by atoms with van der Waals surface area (Å²) in [5, 5.41) is 12.2. The molecule has 1 amide bonds. The van der Waals surface area contributed by atoms with Crippen LogP contribution in [-0.2, 0) is 4.79 Å². The van der Waals surface area contributed by atoms with E-state index in [1.54, 1.807) is 6.07 Å². The number of carbonyl (C=O) groups is 1. The van der Waals surface area contributed by atoms with Crippen LogP contribution >= 0.6 is 27.7 Å². The number of hydrogen-bond acceptors (Lipinski definition) is 6. The monoisotopic (exact) mass is 428 g/mol. The van der Waals surface area contributed by atoms with Gasteiger partial charge in [-0.15, -0.1) is 11.8 Å². The van der Waals surface area contributed by atoms with Crippen molar-refractivity contribution in [1.82, 2.24) is 9.97 Å². The van der Waals surface area contributed by atoms with Gasteiger partial charge in [-0.25, -0.2) is 9.97 Å². The number of carbonyl (C=O) groups excluding carboxylic acids is 1.